The van der Waals surface area contributed by atoms with E-state index in [9.17, 15) is 0 Å². The van der Waals surface area contributed by atoms with Crippen molar-refractivity contribution in [2.75, 3.05) is 31.9 Å². The van der Waals surface area contributed by atoms with Gasteiger partial charge in [0, 0.05) is 24.3 Å². The molecule has 2 aromatic rings. The molecule has 0 bridgehead atoms. The molecule has 0 unspecified atom stereocenters. The first-order valence-electron chi connectivity index (χ1n) is 9.26. The Hall–Kier alpha value is -2.73. The summed E-state index contributed by atoms with van der Waals surface area (Å²) >= 11 is 0. The molecular formula is C21H25N3O3. The number of guanidine groups is 1. The predicted molar refractivity (Wildman–Crippen MR) is 106 cm³/mol. The topological polar surface area (TPSA) is 78.1 Å². The van der Waals surface area contributed by atoms with E-state index in [1.807, 2.05) is 24.3 Å². The molecule has 6 heteroatoms. The van der Waals surface area contributed by atoms with E-state index in [1.165, 1.54) is 11.1 Å². The predicted octanol–water partition coefficient (Wildman–Crippen LogP) is 3.20. The number of nitrogens with two attached hydrogens (primary N) is 1. The van der Waals surface area contributed by atoms with Crippen molar-refractivity contribution in [2.24, 2.45) is 10.7 Å². The SMILES string of the molecule is Cc1cccc(NC(N)=NCC2(c3ccc4c(c3)OCO4)CCOCC2)c1. The highest BCUT2D eigenvalue weighted by Crippen LogP contribution is 2.41. The van der Waals surface area contributed by atoms with Crippen LogP contribution < -0.4 is 20.5 Å². The molecule has 0 amide bonds. The van der Waals surface area contributed by atoms with Gasteiger partial charge in [0.15, 0.2) is 17.5 Å². The number of hydrogen-bond donors (Lipinski definition) is 2. The fourth-order valence-corrected chi connectivity index (χ4v) is 3.67. The Balaban J connectivity index is 1.55. The molecule has 0 spiro atoms. The molecular weight excluding hydrogens is 342 g/mol. The smallest absolute Gasteiger partial charge is 0.231 e. The van der Waals surface area contributed by atoms with E-state index in [0.29, 0.717) is 12.5 Å². The molecule has 27 heavy (non-hydrogen) atoms. The van der Waals surface area contributed by atoms with Gasteiger partial charge in [0.25, 0.3) is 0 Å². The standard InChI is InChI=1S/C21H25N3O3/c1-15-3-2-4-17(11-15)24-20(22)23-13-21(7-9-25-10-8-21)16-5-6-18-19(12-16)27-14-26-18/h2-6,11-12H,7-10,13-14H2,1H3,(H3,22,23,24). The number of benzene rings is 2. The minimum atomic E-state index is -0.113. The summed E-state index contributed by atoms with van der Waals surface area (Å²) in [5, 5.41) is 3.18. The van der Waals surface area contributed by atoms with Crippen LogP contribution in [0.25, 0.3) is 0 Å². The maximum Gasteiger partial charge on any atom is 0.231 e. The maximum atomic E-state index is 6.16. The Bertz CT molecular complexity index is 844. The monoisotopic (exact) mass is 367 g/mol. The fraction of sp³-hybridized carbons (Fsp3) is 0.381. The van der Waals surface area contributed by atoms with Crippen molar-refractivity contribution in [3.8, 4) is 11.5 Å². The third-order valence-electron chi connectivity index (χ3n) is 5.28. The molecule has 142 valence electrons. The van der Waals surface area contributed by atoms with Gasteiger partial charge < -0.3 is 25.3 Å². The van der Waals surface area contributed by atoms with Crippen molar-refractivity contribution < 1.29 is 14.2 Å². The van der Waals surface area contributed by atoms with Crippen LogP contribution in [0.5, 0.6) is 11.5 Å². The number of nitrogens with zero attached hydrogens (tertiary/aromatic N) is 1. The van der Waals surface area contributed by atoms with Crippen molar-refractivity contribution in [1.82, 2.24) is 0 Å². The summed E-state index contributed by atoms with van der Waals surface area (Å²) < 4.78 is 16.6. The van der Waals surface area contributed by atoms with Gasteiger partial charge in [-0.25, -0.2) is 0 Å². The van der Waals surface area contributed by atoms with Gasteiger partial charge in [0.05, 0.1) is 6.54 Å². The zero-order chi connectivity index (χ0) is 18.7. The van der Waals surface area contributed by atoms with Crippen LogP contribution in [-0.2, 0) is 10.2 Å². The molecule has 2 heterocycles. The average Bonchev–Trinajstić information content (AvgIpc) is 3.15. The summed E-state index contributed by atoms with van der Waals surface area (Å²) in [6.07, 6.45) is 1.79. The van der Waals surface area contributed by atoms with Gasteiger partial charge >= 0.3 is 0 Å². The van der Waals surface area contributed by atoms with Crippen LogP contribution in [0.4, 0.5) is 5.69 Å². The molecule has 3 N–H and O–H groups in total. The first-order chi connectivity index (χ1) is 13.1. The van der Waals surface area contributed by atoms with Crippen LogP contribution in [0.3, 0.4) is 0 Å². The number of anilines is 1. The van der Waals surface area contributed by atoms with Crippen molar-refractivity contribution in [3.63, 3.8) is 0 Å². The van der Waals surface area contributed by atoms with Gasteiger partial charge in [0.2, 0.25) is 6.79 Å². The number of ether oxygens (including phenoxy) is 3. The second-order valence-corrected chi connectivity index (χ2v) is 7.16. The largest absolute Gasteiger partial charge is 0.454 e. The van der Waals surface area contributed by atoms with Crippen LogP contribution in [0.15, 0.2) is 47.5 Å². The van der Waals surface area contributed by atoms with Gasteiger partial charge in [-0.1, -0.05) is 18.2 Å². The molecule has 0 saturated carbocycles. The Morgan fingerprint density at radius 1 is 1.11 bits per heavy atom. The molecule has 0 aliphatic carbocycles. The summed E-state index contributed by atoms with van der Waals surface area (Å²) in [5.74, 6) is 2.02. The number of fused-ring (bicyclic) bond motifs is 1. The van der Waals surface area contributed by atoms with E-state index in [4.69, 9.17) is 19.9 Å². The highest BCUT2D eigenvalue weighted by molar-refractivity contribution is 5.92. The number of nitrogens with one attached hydrogen (secondary N) is 1. The second-order valence-electron chi connectivity index (χ2n) is 7.16. The quantitative estimate of drug-likeness (QED) is 0.641. The minimum Gasteiger partial charge on any atom is -0.454 e. The molecule has 6 nitrogen and oxygen atoms in total. The van der Waals surface area contributed by atoms with E-state index in [-0.39, 0.29) is 12.2 Å². The summed E-state index contributed by atoms with van der Waals surface area (Å²) in [5.41, 5.74) is 9.37. The van der Waals surface area contributed by atoms with E-state index < -0.39 is 0 Å². The maximum absolute atomic E-state index is 6.16. The zero-order valence-electron chi connectivity index (χ0n) is 15.5. The lowest BCUT2D eigenvalue weighted by molar-refractivity contribution is 0.0531. The molecule has 2 aromatic carbocycles. The van der Waals surface area contributed by atoms with Crippen LogP contribution in [0.1, 0.15) is 24.0 Å². The first kappa shape index (κ1) is 17.7. The first-order valence-corrected chi connectivity index (χ1v) is 9.26. The summed E-state index contributed by atoms with van der Waals surface area (Å²) in [7, 11) is 0. The van der Waals surface area contributed by atoms with Gasteiger partial charge in [-0.15, -0.1) is 0 Å². The third-order valence-corrected chi connectivity index (χ3v) is 5.28. The van der Waals surface area contributed by atoms with Crippen molar-refractivity contribution >= 4 is 11.6 Å². The zero-order valence-corrected chi connectivity index (χ0v) is 15.5. The molecule has 2 aliphatic rings. The van der Waals surface area contributed by atoms with Crippen LogP contribution >= 0.6 is 0 Å². The second kappa shape index (κ2) is 7.48. The van der Waals surface area contributed by atoms with E-state index >= 15 is 0 Å². The van der Waals surface area contributed by atoms with Crippen molar-refractivity contribution in [3.05, 3.63) is 53.6 Å². The van der Waals surface area contributed by atoms with Gasteiger partial charge in [-0.05, 0) is 55.2 Å². The minimum absolute atomic E-state index is 0.113. The summed E-state index contributed by atoms with van der Waals surface area (Å²) in [4.78, 5) is 4.67. The highest BCUT2D eigenvalue weighted by Gasteiger charge is 2.35. The number of aryl methyl sites for hydroxylation is 1. The lowest BCUT2D eigenvalue weighted by Gasteiger charge is -2.36. The van der Waals surface area contributed by atoms with E-state index in [1.54, 1.807) is 0 Å². The van der Waals surface area contributed by atoms with Crippen molar-refractivity contribution in [1.29, 1.82) is 0 Å². The number of hydrogen-bond acceptors (Lipinski definition) is 4. The Morgan fingerprint density at radius 3 is 2.74 bits per heavy atom. The van der Waals surface area contributed by atoms with Gasteiger partial charge in [-0.3, -0.25) is 4.99 Å². The van der Waals surface area contributed by atoms with Crippen LogP contribution in [0, 0.1) is 6.92 Å². The summed E-state index contributed by atoms with van der Waals surface area (Å²) in [6.45, 7) is 4.36. The Labute approximate surface area is 159 Å². The molecule has 1 saturated heterocycles. The molecule has 0 radical (unpaired) electrons. The van der Waals surface area contributed by atoms with Crippen molar-refractivity contribution in [2.45, 2.75) is 25.2 Å². The highest BCUT2D eigenvalue weighted by atomic mass is 16.7. The number of rotatable bonds is 4. The Kier molecular flexibility index (Phi) is 4.90. The number of aliphatic imine (C=N–C) groups is 1. The van der Waals surface area contributed by atoms with Crippen LogP contribution in [-0.4, -0.2) is 32.5 Å². The molecule has 0 atom stereocenters. The average molecular weight is 367 g/mol. The normalized spacial score (nSPS) is 18.3. The molecule has 4 rings (SSSR count). The lowest BCUT2D eigenvalue weighted by Crippen LogP contribution is -2.38. The third kappa shape index (κ3) is 3.85. The van der Waals surface area contributed by atoms with Crippen LogP contribution in [0.2, 0.25) is 0 Å². The molecule has 2 aliphatic heterocycles. The summed E-state index contributed by atoms with van der Waals surface area (Å²) in [6, 6.07) is 14.2. The van der Waals surface area contributed by atoms with Gasteiger partial charge in [-0.2, -0.15) is 0 Å². The lowest BCUT2D eigenvalue weighted by atomic mass is 9.74. The fourth-order valence-electron chi connectivity index (χ4n) is 3.67. The molecule has 1 fully saturated rings. The molecule has 0 aromatic heterocycles. The van der Waals surface area contributed by atoms with Gasteiger partial charge in [0.1, 0.15) is 0 Å². The Morgan fingerprint density at radius 2 is 1.93 bits per heavy atom. The van der Waals surface area contributed by atoms with E-state index in [0.717, 1.165) is 43.2 Å². The van der Waals surface area contributed by atoms with E-state index in [2.05, 4.69) is 35.4 Å².